The first-order valence-electron chi connectivity index (χ1n) is 10.1. The molecule has 0 aromatic carbocycles. The largest absolute Gasteiger partial charge is 0.302 e. The minimum Gasteiger partial charge on any atom is -0.302 e. The Labute approximate surface area is 153 Å². The number of carbonyl (C=O) groups is 3. The van der Waals surface area contributed by atoms with E-state index in [1.165, 1.54) is 64.2 Å². The molecule has 0 atom stereocenters. The Morgan fingerprint density at radius 3 is 1.28 bits per heavy atom. The molecule has 0 aliphatic rings. The monoisotopic (exact) mass is 351 g/mol. The minimum atomic E-state index is -0.269. The van der Waals surface area contributed by atoms with E-state index in [0.29, 0.717) is 19.1 Å². The second kappa shape index (κ2) is 17.5. The van der Waals surface area contributed by atoms with Crippen molar-refractivity contribution >= 4 is 23.6 Å². The molecular formula is C21H37NO3. The van der Waals surface area contributed by atoms with Crippen molar-refractivity contribution in [2.24, 2.45) is 0 Å². The zero-order valence-electron chi connectivity index (χ0n) is 16.1. The second-order valence-electron chi connectivity index (χ2n) is 7.08. The van der Waals surface area contributed by atoms with E-state index in [-0.39, 0.29) is 17.3 Å². The van der Waals surface area contributed by atoms with Crippen LogP contribution in [0.25, 0.3) is 0 Å². The van der Waals surface area contributed by atoms with Gasteiger partial charge in [-0.25, -0.2) is 0 Å². The molecule has 25 heavy (non-hydrogen) atoms. The van der Waals surface area contributed by atoms with E-state index in [9.17, 15) is 14.4 Å². The highest BCUT2D eigenvalue weighted by atomic mass is 16.2. The fourth-order valence-electron chi connectivity index (χ4n) is 2.95. The normalized spacial score (nSPS) is 10.6. The van der Waals surface area contributed by atoms with Gasteiger partial charge in [-0.2, -0.15) is 0 Å². The van der Waals surface area contributed by atoms with Crippen LogP contribution in [0.2, 0.25) is 0 Å². The molecule has 0 amide bonds. The Kier molecular flexibility index (Phi) is 16.6. The summed E-state index contributed by atoms with van der Waals surface area (Å²) in [7, 11) is 0. The summed E-state index contributed by atoms with van der Waals surface area (Å²) in [6.45, 7) is 1.57. The second-order valence-corrected chi connectivity index (χ2v) is 7.08. The fraction of sp³-hybridized carbons (Fsp3) is 0.810. The van der Waals surface area contributed by atoms with Crippen LogP contribution in [0, 0.1) is 5.41 Å². The van der Waals surface area contributed by atoms with Gasteiger partial charge in [-0.1, -0.05) is 77.0 Å². The van der Waals surface area contributed by atoms with Gasteiger partial charge in [0.15, 0.2) is 17.9 Å². The zero-order chi connectivity index (χ0) is 18.8. The molecule has 0 aromatic heterocycles. The molecule has 0 fully saturated rings. The molecule has 0 saturated carbocycles. The number of carbonyl (C=O) groups excluding carboxylic acids is 3. The maximum atomic E-state index is 11.3. The SMILES string of the molecule is CC(=N)C(=O)CCCCCCCCCCCCCCCCC(=O)C=O. The average Bonchev–Trinajstić information content (AvgIpc) is 2.60. The van der Waals surface area contributed by atoms with Crippen molar-refractivity contribution in [2.75, 3.05) is 0 Å². The number of hydrogen-bond donors (Lipinski definition) is 1. The molecule has 0 saturated heterocycles. The van der Waals surface area contributed by atoms with Crippen molar-refractivity contribution < 1.29 is 14.4 Å². The predicted molar refractivity (Wildman–Crippen MR) is 103 cm³/mol. The number of hydrogen-bond acceptors (Lipinski definition) is 4. The highest BCUT2D eigenvalue weighted by Gasteiger charge is 2.03. The third-order valence-corrected chi connectivity index (χ3v) is 4.63. The van der Waals surface area contributed by atoms with Gasteiger partial charge in [0.1, 0.15) is 0 Å². The summed E-state index contributed by atoms with van der Waals surface area (Å²) in [6, 6.07) is 0. The number of ketones is 2. The van der Waals surface area contributed by atoms with Crippen LogP contribution in [-0.4, -0.2) is 23.6 Å². The van der Waals surface area contributed by atoms with Crippen LogP contribution in [0.4, 0.5) is 0 Å². The van der Waals surface area contributed by atoms with Gasteiger partial charge in [0.2, 0.25) is 0 Å². The standard InChI is InChI=1S/C21H37NO3/c1-19(22)21(25)17-15-13-11-9-7-5-3-2-4-6-8-10-12-14-16-20(24)18-23/h18,22H,2-17H2,1H3. The lowest BCUT2D eigenvalue weighted by Crippen LogP contribution is -2.07. The number of nitrogens with one attached hydrogen (secondary N) is 1. The third kappa shape index (κ3) is 17.3. The first-order valence-corrected chi connectivity index (χ1v) is 10.1. The van der Waals surface area contributed by atoms with E-state index >= 15 is 0 Å². The molecule has 0 heterocycles. The minimum absolute atomic E-state index is 0.00514. The van der Waals surface area contributed by atoms with Gasteiger partial charge in [-0.3, -0.25) is 14.4 Å². The third-order valence-electron chi connectivity index (χ3n) is 4.63. The molecule has 144 valence electrons. The molecule has 0 spiro atoms. The van der Waals surface area contributed by atoms with E-state index in [4.69, 9.17) is 5.41 Å². The summed E-state index contributed by atoms with van der Waals surface area (Å²) in [5.41, 5.74) is 0.188. The van der Waals surface area contributed by atoms with Crippen LogP contribution < -0.4 is 0 Å². The van der Waals surface area contributed by atoms with Crippen molar-refractivity contribution in [1.29, 1.82) is 5.41 Å². The number of rotatable bonds is 19. The first kappa shape index (κ1) is 23.7. The van der Waals surface area contributed by atoms with Gasteiger partial charge in [-0.15, -0.1) is 0 Å². The molecule has 0 aliphatic heterocycles. The van der Waals surface area contributed by atoms with Gasteiger partial charge in [-0.05, 0) is 19.8 Å². The molecule has 0 radical (unpaired) electrons. The summed E-state index contributed by atoms with van der Waals surface area (Å²) in [4.78, 5) is 32.2. The molecule has 1 N–H and O–H groups in total. The summed E-state index contributed by atoms with van der Waals surface area (Å²) >= 11 is 0. The molecule has 0 bridgehead atoms. The van der Waals surface area contributed by atoms with Gasteiger partial charge < -0.3 is 5.41 Å². The van der Waals surface area contributed by atoms with Crippen LogP contribution in [0.15, 0.2) is 0 Å². The lowest BCUT2D eigenvalue weighted by atomic mass is 10.0. The molecule has 0 aliphatic carbocycles. The van der Waals surface area contributed by atoms with Gasteiger partial charge in [0.25, 0.3) is 0 Å². The van der Waals surface area contributed by atoms with Gasteiger partial charge in [0, 0.05) is 12.8 Å². The molecular weight excluding hydrogens is 314 g/mol. The average molecular weight is 352 g/mol. The lowest BCUT2D eigenvalue weighted by molar-refractivity contribution is -0.129. The van der Waals surface area contributed by atoms with Crippen molar-refractivity contribution in [2.45, 2.75) is 110 Å². The fourth-order valence-corrected chi connectivity index (χ4v) is 2.95. The Bertz CT molecular complexity index is 391. The van der Waals surface area contributed by atoms with Gasteiger partial charge >= 0.3 is 0 Å². The van der Waals surface area contributed by atoms with Crippen LogP contribution in [-0.2, 0) is 14.4 Å². The first-order chi connectivity index (χ1) is 12.1. The van der Waals surface area contributed by atoms with E-state index in [2.05, 4.69) is 0 Å². The van der Waals surface area contributed by atoms with Gasteiger partial charge in [0.05, 0.1) is 5.71 Å². The summed E-state index contributed by atoms with van der Waals surface area (Å²) in [6.07, 6.45) is 18.0. The molecule has 0 unspecified atom stereocenters. The Hall–Kier alpha value is -1.32. The topological polar surface area (TPSA) is 75.1 Å². The van der Waals surface area contributed by atoms with E-state index < -0.39 is 0 Å². The Morgan fingerprint density at radius 2 is 0.960 bits per heavy atom. The lowest BCUT2D eigenvalue weighted by Gasteiger charge is -2.03. The summed E-state index contributed by atoms with van der Waals surface area (Å²) < 4.78 is 0. The van der Waals surface area contributed by atoms with Crippen molar-refractivity contribution in [3.63, 3.8) is 0 Å². The van der Waals surface area contributed by atoms with Crippen LogP contribution in [0.5, 0.6) is 0 Å². The van der Waals surface area contributed by atoms with Crippen molar-refractivity contribution in [3.05, 3.63) is 0 Å². The predicted octanol–water partition coefficient (Wildman–Crippen LogP) is 5.60. The van der Waals surface area contributed by atoms with Crippen LogP contribution in [0.1, 0.15) is 110 Å². The number of Topliss-reactive ketones (excluding diaryl/α,β-unsaturated/α-hetero) is 2. The highest BCUT2D eigenvalue weighted by molar-refractivity contribution is 6.37. The molecule has 0 aromatic rings. The summed E-state index contributed by atoms with van der Waals surface area (Å²) in [5, 5.41) is 7.23. The summed E-state index contributed by atoms with van der Waals surface area (Å²) in [5.74, 6) is -0.274. The molecule has 4 heteroatoms. The highest BCUT2D eigenvalue weighted by Crippen LogP contribution is 2.13. The van der Waals surface area contributed by atoms with Crippen molar-refractivity contribution in [1.82, 2.24) is 0 Å². The number of unbranched alkanes of at least 4 members (excludes halogenated alkanes) is 13. The van der Waals surface area contributed by atoms with Crippen LogP contribution >= 0.6 is 0 Å². The van der Waals surface area contributed by atoms with E-state index in [1.54, 1.807) is 6.92 Å². The van der Waals surface area contributed by atoms with Crippen molar-refractivity contribution in [3.8, 4) is 0 Å². The number of aldehydes is 1. The Balaban J connectivity index is 3.12. The Morgan fingerprint density at radius 1 is 0.640 bits per heavy atom. The van der Waals surface area contributed by atoms with E-state index in [1.807, 2.05) is 0 Å². The quantitative estimate of drug-likeness (QED) is 0.142. The van der Waals surface area contributed by atoms with E-state index in [0.717, 1.165) is 25.7 Å². The molecule has 4 nitrogen and oxygen atoms in total. The molecule has 0 rings (SSSR count). The maximum Gasteiger partial charge on any atom is 0.195 e. The van der Waals surface area contributed by atoms with Crippen LogP contribution in [0.3, 0.4) is 0 Å². The maximum absolute atomic E-state index is 11.3. The smallest absolute Gasteiger partial charge is 0.195 e. The zero-order valence-corrected chi connectivity index (χ0v) is 16.1.